The third-order valence-corrected chi connectivity index (χ3v) is 4.62. The molecule has 18 heavy (non-hydrogen) atoms. The molecule has 1 amide bonds. The highest BCUT2D eigenvalue weighted by Crippen LogP contribution is 2.32. The van der Waals surface area contributed by atoms with Crippen LogP contribution in [0.15, 0.2) is 0 Å². The monoisotopic (exact) mass is 249 g/mol. The Labute approximate surface area is 109 Å². The van der Waals surface area contributed by atoms with Gasteiger partial charge in [0.2, 0.25) is 5.91 Å². The number of nitrogens with one attached hydrogen (secondary N) is 1. The summed E-state index contributed by atoms with van der Waals surface area (Å²) in [6.07, 6.45) is 4.75. The molecule has 1 aliphatic carbocycles. The number of piperidine rings is 1. The molecule has 0 aromatic rings. The topological polar surface area (TPSA) is 56.1 Å². The fraction of sp³-hybridized carbons (Fsp3) is 0.857. The zero-order valence-electron chi connectivity index (χ0n) is 11.4. The minimum absolute atomic E-state index is 0.103. The second-order valence-corrected chi connectivity index (χ2v) is 6.00. The molecule has 100 valence electrons. The van der Waals surface area contributed by atoms with Gasteiger partial charge in [-0.1, -0.05) is 13.3 Å². The predicted octanol–water partition coefficient (Wildman–Crippen LogP) is 1.53. The highest BCUT2D eigenvalue weighted by molar-refractivity contribution is 5.80. The van der Waals surface area contributed by atoms with Gasteiger partial charge in [-0.3, -0.25) is 4.79 Å². The summed E-state index contributed by atoms with van der Waals surface area (Å²) in [4.78, 5) is 14.5. The summed E-state index contributed by atoms with van der Waals surface area (Å²) in [5.74, 6) is 0.688. The Morgan fingerprint density at radius 2 is 2.06 bits per heavy atom. The van der Waals surface area contributed by atoms with E-state index in [0.717, 1.165) is 45.2 Å². The van der Waals surface area contributed by atoms with E-state index in [0.29, 0.717) is 5.92 Å². The maximum atomic E-state index is 12.3. The zero-order valence-corrected chi connectivity index (χ0v) is 11.4. The van der Waals surface area contributed by atoms with Crippen molar-refractivity contribution in [2.45, 2.75) is 44.6 Å². The Kier molecular flexibility index (Phi) is 3.91. The van der Waals surface area contributed by atoms with Crippen LogP contribution in [0.4, 0.5) is 0 Å². The first-order valence-electron chi connectivity index (χ1n) is 6.98. The van der Waals surface area contributed by atoms with E-state index >= 15 is 0 Å². The fourth-order valence-corrected chi connectivity index (χ4v) is 3.13. The molecule has 4 heteroatoms. The van der Waals surface area contributed by atoms with Gasteiger partial charge in [0.1, 0.15) is 5.54 Å². The number of nitriles is 1. The van der Waals surface area contributed by atoms with Crippen LogP contribution in [0.3, 0.4) is 0 Å². The van der Waals surface area contributed by atoms with Gasteiger partial charge in [0.05, 0.1) is 6.07 Å². The lowest BCUT2D eigenvalue weighted by atomic mass is 9.87. The van der Waals surface area contributed by atoms with Gasteiger partial charge in [0, 0.05) is 19.0 Å². The van der Waals surface area contributed by atoms with Gasteiger partial charge in [-0.25, -0.2) is 0 Å². The number of likely N-dealkylation sites (tertiary alicyclic amines) is 1. The highest BCUT2D eigenvalue weighted by Gasteiger charge is 2.38. The minimum atomic E-state index is -0.619. The van der Waals surface area contributed by atoms with E-state index in [1.807, 2.05) is 0 Å². The summed E-state index contributed by atoms with van der Waals surface area (Å²) >= 11 is 0. The maximum absolute atomic E-state index is 12.3. The number of amides is 1. The normalized spacial score (nSPS) is 31.8. The van der Waals surface area contributed by atoms with E-state index in [4.69, 9.17) is 0 Å². The molecule has 0 bridgehead atoms. The van der Waals surface area contributed by atoms with Crippen molar-refractivity contribution in [3.63, 3.8) is 0 Å². The smallest absolute Gasteiger partial charge is 0.224 e. The molecule has 2 fully saturated rings. The third-order valence-electron chi connectivity index (χ3n) is 4.62. The predicted molar refractivity (Wildman–Crippen MR) is 69.7 cm³/mol. The van der Waals surface area contributed by atoms with E-state index in [9.17, 15) is 10.1 Å². The van der Waals surface area contributed by atoms with Gasteiger partial charge in [-0.2, -0.15) is 5.26 Å². The van der Waals surface area contributed by atoms with E-state index in [-0.39, 0.29) is 11.8 Å². The van der Waals surface area contributed by atoms with Crippen LogP contribution >= 0.6 is 0 Å². The summed E-state index contributed by atoms with van der Waals surface area (Å²) < 4.78 is 0. The fourth-order valence-electron chi connectivity index (χ4n) is 3.13. The highest BCUT2D eigenvalue weighted by atomic mass is 16.2. The number of hydrogen-bond donors (Lipinski definition) is 1. The summed E-state index contributed by atoms with van der Waals surface area (Å²) in [5.41, 5.74) is -0.619. The molecule has 2 aliphatic rings. The Bertz CT molecular complexity index is 353. The summed E-state index contributed by atoms with van der Waals surface area (Å²) in [5, 5.41) is 12.5. The van der Waals surface area contributed by atoms with Crippen LogP contribution in [0.2, 0.25) is 0 Å². The van der Waals surface area contributed by atoms with Crippen molar-refractivity contribution >= 4 is 5.91 Å². The van der Waals surface area contributed by atoms with Crippen LogP contribution < -0.4 is 5.32 Å². The SMILES string of the molecule is CC1CCCC1C(=O)NC1(C#N)CCN(C)CC1. The first-order valence-corrected chi connectivity index (χ1v) is 6.98. The van der Waals surface area contributed by atoms with Crippen molar-refractivity contribution in [2.75, 3.05) is 20.1 Å². The molecule has 0 aromatic carbocycles. The lowest BCUT2D eigenvalue weighted by molar-refractivity contribution is -0.127. The number of carbonyl (C=O) groups is 1. The van der Waals surface area contributed by atoms with Gasteiger partial charge in [0.25, 0.3) is 0 Å². The van der Waals surface area contributed by atoms with E-state index in [1.54, 1.807) is 0 Å². The zero-order chi connectivity index (χ0) is 13.2. The minimum Gasteiger partial charge on any atom is -0.337 e. The van der Waals surface area contributed by atoms with Crippen LogP contribution in [-0.2, 0) is 4.79 Å². The Morgan fingerprint density at radius 1 is 1.39 bits per heavy atom. The van der Waals surface area contributed by atoms with Gasteiger partial charge >= 0.3 is 0 Å². The molecular weight excluding hydrogens is 226 g/mol. The van der Waals surface area contributed by atoms with Crippen molar-refractivity contribution in [1.29, 1.82) is 5.26 Å². The summed E-state index contributed by atoms with van der Waals surface area (Å²) in [7, 11) is 2.06. The van der Waals surface area contributed by atoms with Crippen molar-refractivity contribution in [3.8, 4) is 6.07 Å². The maximum Gasteiger partial charge on any atom is 0.224 e. The molecule has 1 heterocycles. The second kappa shape index (κ2) is 5.27. The molecule has 0 spiro atoms. The first kappa shape index (κ1) is 13.4. The van der Waals surface area contributed by atoms with Crippen LogP contribution in [0.25, 0.3) is 0 Å². The van der Waals surface area contributed by atoms with Crippen molar-refractivity contribution < 1.29 is 4.79 Å². The molecule has 1 N–H and O–H groups in total. The van der Waals surface area contributed by atoms with Crippen LogP contribution in [0.5, 0.6) is 0 Å². The van der Waals surface area contributed by atoms with Gasteiger partial charge in [0.15, 0.2) is 0 Å². The lowest BCUT2D eigenvalue weighted by Crippen LogP contribution is -2.55. The van der Waals surface area contributed by atoms with Crippen LogP contribution in [0, 0.1) is 23.2 Å². The summed E-state index contributed by atoms with van der Waals surface area (Å²) in [6, 6.07) is 2.35. The molecular formula is C14H23N3O. The quantitative estimate of drug-likeness (QED) is 0.807. The summed E-state index contributed by atoms with van der Waals surface area (Å²) in [6.45, 7) is 3.91. The Balaban J connectivity index is 1.98. The van der Waals surface area contributed by atoms with Gasteiger partial charge < -0.3 is 10.2 Å². The Hall–Kier alpha value is -1.08. The van der Waals surface area contributed by atoms with Crippen molar-refractivity contribution in [3.05, 3.63) is 0 Å². The number of nitrogens with zero attached hydrogens (tertiary/aromatic N) is 2. The molecule has 1 aliphatic heterocycles. The molecule has 1 saturated carbocycles. The van der Waals surface area contributed by atoms with Crippen LogP contribution in [0.1, 0.15) is 39.0 Å². The first-order chi connectivity index (χ1) is 8.56. The largest absolute Gasteiger partial charge is 0.337 e. The molecule has 0 aromatic heterocycles. The second-order valence-electron chi connectivity index (χ2n) is 6.00. The van der Waals surface area contributed by atoms with Gasteiger partial charge in [-0.15, -0.1) is 0 Å². The van der Waals surface area contributed by atoms with E-state index in [2.05, 4.69) is 30.3 Å². The number of rotatable bonds is 2. The standard InChI is InChI=1S/C14H23N3O/c1-11-4-3-5-12(11)13(18)16-14(10-15)6-8-17(2)9-7-14/h11-12H,3-9H2,1-2H3,(H,16,18). The van der Waals surface area contributed by atoms with Crippen molar-refractivity contribution in [1.82, 2.24) is 10.2 Å². The molecule has 4 nitrogen and oxygen atoms in total. The molecule has 2 unspecified atom stereocenters. The van der Waals surface area contributed by atoms with E-state index in [1.165, 1.54) is 0 Å². The molecule has 1 saturated heterocycles. The number of hydrogen-bond acceptors (Lipinski definition) is 3. The average molecular weight is 249 g/mol. The average Bonchev–Trinajstić information content (AvgIpc) is 2.79. The third kappa shape index (κ3) is 2.67. The van der Waals surface area contributed by atoms with Crippen molar-refractivity contribution in [2.24, 2.45) is 11.8 Å². The Morgan fingerprint density at radius 3 is 2.56 bits per heavy atom. The van der Waals surface area contributed by atoms with E-state index < -0.39 is 5.54 Å². The number of carbonyl (C=O) groups excluding carboxylic acids is 1. The molecule has 2 atom stereocenters. The lowest BCUT2D eigenvalue weighted by Gasteiger charge is -2.36. The molecule has 2 rings (SSSR count). The molecule has 0 radical (unpaired) electrons. The van der Waals surface area contributed by atoms with Gasteiger partial charge in [-0.05, 0) is 38.6 Å². The van der Waals surface area contributed by atoms with Crippen LogP contribution in [-0.4, -0.2) is 36.5 Å².